The van der Waals surface area contributed by atoms with Gasteiger partial charge in [-0.2, -0.15) is 4.36 Å². The van der Waals surface area contributed by atoms with Crippen molar-refractivity contribution in [2.24, 2.45) is 4.36 Å². The topological polar surface area (TPSA) is 179 Å². The van der Waals surface area contributed by atoms with Gasteiger partial charge >= 0.3 is 18.0 Å². The summed E-state index contributed by atoms with van der Waals surface area (Å²) in [5.41, 5.74) is 8.44. The molecule has 0 spiro atoms. The molecule has 0 aliphatic heterocycles. The van der Waals surface area contributed by atoms with Gasteiger partial charge in [0.1, 0.15) is 11.6 Å². The van der Waals surface area contributed by atoms with E-state index in [0.29, 0.717) is 42.5 Å². The van der Waals surface area contributed by atoms with Crippen molar-refractivity contribution in [1.82, 2.24) is 4.98 Å². The molecule has 0 atom stereocenters. The molecule has 0 aliphatic carbocycles. The quantitative estimate of drug-likeness (QED) is 0.130. The van der Waals surface area contributed by atoms with E-state index in [1.807, 2.05) is 0 Å². The third kappa shape index (κ3) is 12.1. The van der Waals surface area contributed by atoms with Crippen LogP contribution in [-0.4, -0.2) is 58.8 Å². The molecule has 2 aromatic carbocycles. The third-order valence-electron chi connectivity index (χ3n) is 6.88. The Balaban J connectivity index is 0.00000768. The predicted molar refractivity (Wildman–Crippen MR) is 181 cm³/mol. The summed E-state index contributed by atoms with van der Waals surface area (Å²) in [6.45, 7) is 1.78. The van der Waals surface area contributed by atoms with Gasteiger partial charge in [0.15, 0.2) is 0 Å². The Labute approximate surface area is 274 Å². The maximum atomic E-state index is 14.0. The number of amides is 3. The zero-order valence-electron chi connectivity index (χ0n) is 26.0. The molecule has 0 bridgehead atoms. The van der Waals surface area contributed by atoms with E-state index in [9.17, 15) is 27.8 Å². The number of carbonyl (C=O) groups excluding carboxylic acids is 4. The van der Waals surface area contributed by atoms with Gasteiger partial charge in [0.25, 0.3) is 5.91 Å². The van der Waals surface area contributed by atoms with E-state index in [0.717, 1.165) is 5.56 Å². The average Bonchev–Trinajstić information content (AvgIpc) is 3.03. The number of hydrogen-bond donors (Lipinski definition) is 3. The second-order valence-corrected chi connectivity index (χ2v) is 13.0. The summed E-state index contributed by atoms with van der Waals surface area (Å²) in [6, 6.07) is 11.8. The molecule has 47 heavy (non-hydrogen) atoms. The van der Waals surface area contributed by atoms with Crippen molar-refractivity contribution in [3.05, 3.63) is 71.7 Å². The lowest BCUT2D eigenvalue weighted by atomic mass is 10.0. The smallest absolute Gasteiger partial charge is 0.323 e. The van der Waals surface area contributed by atoms with E-state index in [-0.39, 0.29) is 60.8 Å². The highest BCUT2D eigenvalue weighted by Gasteiger charge is 2.17. The minimum atomic E-state index is -3.04. The fraction of sp³-hybridized carbons (Fsp3) is 0.364. The van der Waals surface area contributed by atoms with Crippen LogP contribution in [0.5, 0.6) is 0 Å². The number of nitrogens with zero attached hydrogens (tertiary/aromatic N) is 2. The lowest BCUT2D eigenvalue weighted by molar-refractivity contribution is -0.141. The first-order valence-corrected chi connectivity index (χ1v) is 16.4. The van der Waals surface area contributed by atoms with Gasteiger partial charge in [-0.25, -0.2) is 18.4 Å². The Kier molecular flexibility index (Phi) is 15.0. The first-order chi connectivity index (χ1) is 21.9. The summed E-state index contributed by atoms with van der Waals surface area (Å²) in [7, 11) is -0.459. The molecule has 0 saturated heterocycles. The summed E-state index contributed by atoms with van der Waals surface area (Å²) < 4.78 is 41.2. The summed E-state index contributed by atoms with van der Waals surface area (Å²) in [5, 5.41) is 5.10. The molecule has 0 fully saturated rings. The molecule has 0 unspecified atom stereocenters. The Hall–Kier alpha value is -4.85. The molecule has 3 aromatic rings. The molecule has 0 radical (unpaired) electrons. The summed E-state index contributed by atoms with van der Waals surface area (Å²) in [6.07, 6.45) is 3.15. The molecular weight excluding hydrogens is 629 g/mol. The van der Waals surface area contributed by atoms with Crippen LogP contribution in [0, 0.1) is 12.7 Å². The highest BCUT2D eigenvalue weighted by molar-refractivity contribution is 7.93. The number of halogens is 1. The number of aromatic nitrogens is 1. The second-order valence-electron chi connectivity index (χ2n) is 10.4. The Morgan fingerprint density at radius 2 is 1.49 bits per heavy atom. The number of esters is 2. The van der Waals surface area contributed by atoms with Gasteiger partial charge in [-0.1, -0.05) is 25.6 Å². The molecule has 3 amide bonds. The molecular formula is C33H42FN5O7S. The van der Waals surface area contributed by atoms with Gasteiger partial charge < -0.3 is 25.8 Å². The third-order valence-corrected chi connectivity index (χ3v) is 9.23. The highest BCUT2D eigenvalue weighted by Crippen LogP contribution is 2.27. The molecule has 4 N–H and O–H groups in total. The molecule has 0 aliphatic rings. The molecule has 1 aromatic heterocycles. The normalized spacial score (nSPS) is 10.7. The van der Waals surface area contributed by atoms with Gasteiger partial charge in [0, 0.05) is 41.8 Å². The number of benzene rings is 2. The summed E-state index contributed by atoms with van der Waals surface area (Å²) >= 11 is 0. The molecule has 0 saturated carbocycles. The van der Waals surface area contributed by atoms with E-state index in [4.69, 9.17) is 5.73 Å². The van der Waals surface area contributed by atoms with Crippen molar-refractivity contribution in [1.29, 1.82) is 0 Å². The number of rotatable bonds is 14. The van der Waals surface area contributed by atoms with Crippen LogP contribution in [-0.2, 0) is 28.8 Å². The molecule has 3 rings (SSSR count). The number of anilines is 3. The lowest BCUT2D eigenvalue weighted by Gasteiger charge is -2.12. The van der Waals surface area contributed by atoms with E-state index >= 15 is 0 Å². The fourth-order valence-corrected chi connectivity index (χ4v) is 6.48. The number of pyridine rings is 1. The van der Waals surface area contributed by atoms with Crippen LogP contribution in [0.15, 0.2) is 59.1 Å². The number of nitrogen functional groups attached to an aromatic ring is 1. The van der Waals surface area contributed by atoms with E-state index in [1.165, 1.54) is 38.6 Å². The van der Waals surface area contributed by atoms with E-state index in [1.54, 1.807) is 37.3 Å². The van der Waals surface area contributed by atoms with Gasteiger partial charge in [-0.15, -0.1) is 0 Å². The number of unbranched alkanes of at least 4 members (excludes halogenated alkanes) is 2. The number of aryl methyl sites for hydroxylation is 1. The first kappa shape index (κ1) is 38.3. The monoisotopic (exact) mass is 671 g/mol. The maximum Gasteiger partial charge on any atom is 0.323 e. The van der Waals surface area contributed by atoms with Crippen LogP contribution in [0.3, 0.4) is 0 Å². The van der Waals surface area contributed by atoms with Crippen LogP contribution < -0.4 is 16.4 Å². The van der Waals surface area contributed by atoms with Crippen molar-refractivity contribution < 1.29 is 37.3 Å². The summed E-state index contributed by atoms with van der Waals surface area (Å²) in [5.74, 6) is -1.77. The number of urea groups is 1. The number of hydrogen-bond acceptors (Lipinski definition) is 9. The summed E-state index contributed by atoms with van der Waals surface area (Å²) in [4.78, 5) is 52.7. The number of ether oxygens (including phenoxy) is 2. The lowest BCUT2D eigenvalue weighted by Crippen LogP contribution is -2.20. The minimum absolute atomic E-state index is 0. The SMILES string of the molecule is C.COC(=O)CCCCS(=O)(CCCCC(=O)OC)=NC(=O)c1cnc(N)c(-c2ccc(NC(=O)Nc3cc(C)ccc3F)cc2)c1. The van der Waals surface area contributed by atoms with Crippen molar-refractivity contribution in [3.63, 3.8) is 0 Å². The number of nitrogens with two attached hydrogens (primary N) is 1. The molecule has 14 heteroatoms. The predicted octanol–water partition coefficient (Wildman–Crippen LogP) is 6.35. The zero-order valence-corrected chi connectivity index (χ0v) is 26.8. The van der Waals surface area contributed by atoms with Gasteiger partial charge in [0.2, 0.25) is 0 Å². The minimum Gasteiger partial charge on any atom is -0.469 e. The number of methoxy groups -OCH3 is 2. The fourth-order valence-electron chi connectivity index (χ4n) is 4.37. The van der Waals surface area contributed by atoms with Crippen molar-refractivity contribution in [3.8, 4) is 11.1 Å². The van der Waals surface area contributed by atoms with E-state index < -0.39 is 27.5 Å². The Morgan fingerprint density at radius 3 is 2.06 bits per heavy atom. The first-order valence-electron chi connectivity index (χ1n) is 14.5. The van der Waals surface area contributed by atoms with Crippen LogP contribution >= 0.6 is 0 Å². The largest absolute Gasteiger partial charge is 0.469 e. The standard InChI is InChI=1S/C32H38FN5O7S.CH4/c1-21-10-15-26(33)27(18-21)37-32(42)36-24-13-11-22(12-14-24)25-19-23(20-35-30(25)34)31(41)38-46(43,16-6-4-8-28(39)44-2)17-7-5-9-29(40)45-3;/h10-15,18-20H,4-9,16-17H2,1-3H3,(H2,34,35)(H2,36,37,42);1H4. The Morgan fingerprint density at radius 1 is 0.894 bits per heavy atom. The number of carbonyl (C=O) groups is 4. The highest BCUT2D eigenvalue weighted by atomic mass is 32.2. The van der Waals surface area contributed by atoms with Crippen LogP contribution in [0.2, 0.25) is 0 Å². The second kappa shape index (κ2) is 18.3. The number of nitrogens with one attached hydrogen (secondary N) is 2. The molecule has 254 valence electrons. The zero-order chi connectivity index (χ0) is 33.7. The van der Waals surface area contributed by atoms with Gasteiger partial charge in [-0.05, 0) is 74.1 Å². The van der Waals surface area contributed by atoms with Gasteiger partial charge in [-0.3, -0.25) is 14.4 Å². The molecule has 12 nitrogen and oxygen atoms in total. The van der Waals surface area contributed by atoms with Crippen LogP contribution in [0.4, 0.5) is 26.4 Å². The van der Waals surface area contributed by atoms with Crippen molar-refractivity contribution in [2.45, 2.75) is 52.9 Å². The van der Waals surface area contributed by atoms with Gasteiger partial charge in [0.05, 0.1) is 35.2 Å². The van der Waals surface area contributed by atoms with Crippen molar-refractivity contribution >= 4 is 50.8 Å². The van der Waals surface area contributed by atoms with E-state index in [2.05, 4.69) is 29.5 Å². The maximum absolute atomic E-state index is 14.0. The van der Waals surface area contributed by atoms with Crippen LogP contribution in [0.1, 0.15) is 61.9 Å². The van der Waals surface area contributed by atoms with Crippen molar-refractivity contribution in [2.75, 3.05) is 42.1 Å². The molecule has 1 heterocycles. The Bertz CT molecular complexity index is 1660. The average molecular weight is 672 g/mol. The van der Waals surface area contributed by atoms with Crippen LogP contribution in [0.25, 0.3) is 11.1 Å².